The Kier molecular flexibility index (Phi) is 6.70. The second kappa shape index (κ2) is 10.1. The molecule has 184 valence electrons. The lowest BCUT2D eigenvalue weighted by Crippen LogP contribution is -2.52. The highest BCUT2D eigenvalue weighted by molar-refractivity contribution is 5.71. The minimum atomic E-state index is -0.372. The quantitative estimate of drug-likeness (QED) is 0.635. The van der Waals surface area contributed by atoms with Crippen molar-refractivity contribution in [2.45, 2.75) is 50.8 Å². The fourth-order valence-electron chi connectivity index (χ4n) is 5.93. The number of nitrogens with one attached hydrogen (secondary N) is 2. The molecule has 1 aromatic heterocycles. The highest BCUT2D eigenvalue weighted by Gasteiger charge is 2.50. The van der Waals surface area contributed by atoms with Crippen molar-refractivity contribution >= 4 is 18.3 Å². The highest BCUT2D eigenvalue weighted by atomic mass is 19.1. The smallest absolute Gasteiger partial charge is 0.407 e. The molecule has 2 amide bonds. The van der Waals surface area contributed by atoms with Crippen molar-refractivity contribution in [2.24, 2.45) is 17.8 Å². The van der Waals surface area contributed by atoms with Crippen molar-refractivity contribution in [3.63, 3.8) is 0 Å². The number of benzene rings is 1. The molecule has 5 rings (SSSR count). The van der Waals surface area contributed by atoms with E-state index >= 15 is 0 Å². The SMILES string of the molecule is CCOC(=O)N[C@H]1CC[C@@H]2[C@@H](C1)C[C@@H]1OC(=O)N[C@@H]1[C@H]2/C=C/c1ccc(-c2cccc(F)c2)cn1. The molecule has 2 aliphatic carbocycles. The maximum atomic E-state index is 13.6. The van der Waals surface area contributed by atoms with E-state index in [0.29, 0.717) is 18.4 Å². The number of aromatic nitrogens is 1. The molecular formula is C27H30FN3O4. The number of fused-ring (bicyclic) bond motifs is 2. The molecule has 1 saturated heterocycles. The summed E-state index contributed by atoms with van der Waals surface area (Å²) in [6.07, 6.45) is 8.42. The average Bonchev–Trinajstić information content (AvgIpc) is 3.22. The van der Waals surface area contributed by atoms with Crippen LogP contribution in [0.3, 0.4) is 0 Å². The van der Waals surface area contributed by atoms with Crippen LogP contribution in [0.15, 0.2) is 48.7 Å². The molecule has 0 bridgehead atoms. The number of hydrogen-bond donors (Lipinski definition) is 2. The summed E-state index contributed by atoms with van der Waals surface area (Å²) in [6, 6.07) is 10.3. The van der Waals surface area contributed by atoms with Gasteiger partial charge in [-0.1, -0.05) is 24.3 Å². The standard InChI is InChI=1S/C27H30FN3O4/c1-2-34-26(32)30-21-9-10-22-18(13-21)14-24-25(31-27(33)35-24)23(22)11-8-20-7-6-17(15-29-20)16-4-3-5-19(28)12-16/h3-8,11-12,15,18,21-25H,2,9-10,13-14H2,1H3,(H,30,32)(H,31,33)/b11-8+/t18-,21-,22+,23-,24-,25+/m0/s1. The molecule has 3 aliphatic rings. The zero-order valence-electron chi connectivity index (χ0n) is 19.7. The Morgan fingerprint density at radius 3 is 2.91 bits per heavy atom. The van der Waals surface area contributed by atoms with Gasteiger partial charge in [0.1, 0.15) is 11.9 Å². The van der Waals surface area contributed by atoms with Crippen LogP contribution in [-0.2, 0) is 9.47 Å². The van der Waals surface area contributed by atoms with Gasteiger partial charge < -0.3 is 20.1 Å². The van der Waals surface area contributed by atoms with E-state index in [1.165, 1.54) is 12.1 Å². The fourth-order valence-corrected chi connectivity index (χ4v) is 5.93. The van der Waals surface area contributed by atoms with Gasteiger partial charge in [-0.05, 0) is 74.3 Å². The fraction of sp³-hybridized carbons (Fsp3) is 0.444. The summed E-state index contributed by atoms with van der Waals surface area (Å²) in [5, 5.41) is 5.99. The number of alkyl carbamates (subject to hydrolysis) is 2. The number of carbonyl (C=O) groups excluding carboxylic acids is 2. The first-order valence-corrected chi connectivity index (χ1v) is 12.3. The van der Waals surface area contributed by atoms with Crippen LogP contribution in [0.4, 0.5) is 14.0 Å². The van der Waals surface area contributed by atoms with Crippen LogP contribution < -0.4 is 10.6 Å². The number of amides is 2. The van der Waals surface area contributed by atoms with Gasteiger partial charge in [-0.3, -0.25) is 4.98 Å². The second-order valence-electron chi connectivity index (χ2n) is 9.57. The van der Waals surface area contributed by atoms with Crippen LogP contribution in [0, 0.1) is 23.6 Å². The molecule has 6 atom stereocenters. The molecule has 35 heavy (non-hydrogen) atoms. The number of pyridine rings is 1. The van der Waals surface area contributed by atoms with Gasteiger partial charge in [0.05, 0.1) is 18.3 Å². The molecule has 2 saturated carbocycles. The van der Waals surface area contributed by atoms with E-state index in [1.54, 1.807) is 19.2 Å². The number of rotatable bonds is 5. The predicted molar refractivity (Wildman–Crippen MR) is 129 cm³/mol. The van der Waals surface area contributed by atoms with E-state index in [4.69, 9.17) is 9.47 Å². The zero-order chi connectivity index (χ0) is 24.4. The highest BCUT2D eigenvalue weighted by Crippen LogP contribution is 2.47. The van der Waals surface area contributed by atoms with Gasteiger partial charge in [-0.15, -0.1) is 0 Å². The van der Waals surface area contributed by atoms with Gasteiger partial charge >= 0.3 is 12.2 Å². The Hall–Kier alpha value is -3.42. The molecule has 3 fully saturated rings. The topological polar surface area (TPSA) is 89.5 Å². The molecule has 0 unspecified atom stereocenters. The van der Waals surface area contributed by atoms with Crippen molar-refractivity contribution < 1.29 is 23.5 Å². The monoisotopic (exact) mass is 479 g/mol. The Morgan fingerprint density at radius 2 is 2.14 bits per heavy atom. The van der Waals surface area contributed by atoms with Crippen LogP contribution in [0.2, 0.25) is 0 Å². The van der Waals surface area contributed by atoms with Crippen LogP contribution in [0.25, 0.3) is 17.2 Å². The summed E-state index contributed by atoms with van der Waals surface area (Å²) in [6.45, 7) is 2.14. The molecule has 2 heterocycles. The molecule has 8 heteroatoms. The Balaban J connectivity index is 1.31. The Morgan fingerprint density at radius 1 is 1.26 bits per heavy atom. The van der Waals surface area contributed by atoms with E-state index in [9.17, 15) is 14.0 Å². The maximum Gasteiger partial charge on any atom is 0.407 e. The summed E-state index contributed by atoms with van der Waals surface area (Å²) >= 11 is 0. The number of hydrogen-bond acceptors (Lipinski definition) is 5. The average molecular weight is 480 g/mol. The first-order valence-electron chi connectivity index (χ1n) is 12.3. The predicted octanol–water partition coefficient (Wildman–Crippen LogP) is 4.93. The Labute approximate surface area is 204 Å². The minimum absolute atomic E-state index is 0.0681. The molecular weight excluding hydrogens is 449 g/mol. The van der Waals surface area contributed by atoms with E-state index in [1.807, 2.05) is 24.3 Å². The summed E-state index contributed by atoms with van der Waals surface area (Å²) in [7, 11) is 0. The number of nitrogens with zero attached hydrogens (tertiary/aromatic N) is 1. The Bertz CT molecular complexity index is 1110. The number of ether oxygens (including phenoxy) is 2. The van der Waals surface area contributed by atoms with Gasteiger partial charge in [-0.25, -0.2) is 14.0 Å². The van der Waals surface area contributed by atoms with Crippen molar-refractivity contribution in [3.8, 4) is 11.1 Å². The molecule has 2 N–H and O–H groups in total. The van der Waals surface area contributed by atoms with Crippen molar-refractivity contribution in [2.75, 3.05) is 6.61 Å². The largest absolute Gasteiger partial charge is 0.450 e. The summed E-state index contributed by atoms with van der Waals surface area (Å²) < 4.78 is 24.2. The van der Waals surface area contributed by atoms with E-state index in [2.05, 4.69) is 21.7 Å². The first-order chi connectivity index (χ1) is 17.0. The third-order valence-corrected chi connectivity index (χ3v) is 7.46. The second-order valence-corrected chi connectivity index (χ2v) is 9.57. The van der Waals surface area contributed by atoms with Crippen molar-refractivity contribution in [1.29, 1.82) is 0 Å². The van der Waals surface area contributed by atoms with Crippen molar-refractivity contribution in [1.82, 2.24) is 15.6 Å². The molecule has 0 radical (unpaired) electrons. The summed E-state index contributed by atoms with van der Waals surface area (Å²) in [5.74, 6) is 0.545. The lowest BCUT2D eigenvalue weighted by molar-refractivity contribution is 0.0181. The molecule has 1 aliphatic heterocycles. The first kappa shape index (κ1) is 23.3. The molecule has 0 spiro atoms. The molecule has 2 aromatic rings. The summed E-state index contributed by atoms with van der Waals surface area (Å²) in [5.41, 5.74) is 2.43. The van der Waals surface area contributed by atoms with Gasteiger partial charge in [-0.2, -0.15) is 0 Å². The van der Waals surface area contributed by atoms with E-state index < -0.39 is 0 Å². The van der Waals surface area contributed by atoms with Gasteiger partial charge in [0, 0.05) is 23.7 Å². The van der Waals surface area contributed by atoms with E-state index in [0.717, 1.165) is 42.5 Å². The molecule has 7 nitrogen and oxygen atoms in total. The minimum Gasteiger partial charge on any atom is -0.450 e. The number of carbonyl (C=O) groups is 2. The maximum absolute atomic E-state index is 13.6. The number of halogens is 1. The van der Waals surface area contributed by atoms with E-state index in [-0.39, 0.29) is 42.1 Å². The zero-order valence-corrected chi connectivity index (χ0v) is 19.7. The third-order valence-electron chi connectivity index (χ3n) is 7.46. The van der Waals surface area contributed by atoms with Crippen LogP contribution in [0.5, 0.6) is 0 Å². The van der Waals surface area contributed by atoms with Crippen LogP contribution >= 0.6 is 0 Å². The van der Waals surface area contributed by atoms with Gasteiger partial charge in [0.15, 0.2) is 0 Å². The van der Waals surface area contributed by atoms with Crippen LogP contribution in [-0.4, -0.2) is 42.0 Å². The lowest BCUT2D eigenvalue weighted by atomic mass is 9.62. The lowest BCUT2D eigenvalue weighted by Gasteiger charge is -2.46. The van der Waals surface area contributed by atoms with Crippen molar-refractivity contribution in [3.05, 3.63) is 60.2 Å². The third kappa shape index (κ3) is 5.16. The normalized spacial score (nSPS) is 29.6. The van der Waals surface area contributed by atoms with Crippen LogP contribution in [0.1, 0.15) is 38.3 Å². The van der Waals surface area contributed by atoms with Gasteiger partial charge in [0.25, 0.3) is 0 Å². The molecule has 1 aromatic carbocycles. The summed E-state index contributed by atoms with van der Waals surface area (Å²) in [4.78, 5) is 28.5. The van der Waals surface area contributed by atoms with Gasteiger partial charge in [0.2, 0.25) is 0 Å².